The van der Waals surface area contributed by atoms with E-state index in [2.05, 4.69) is 20.4 Å². The number of nitrogens with zero attached hydrogens (tertiary/aromatic N) is 3. The molecule has 0 bridgehead atoms. The van der Waals surface area contributed by atoms with E-state index in [0.717, 1.165) is 30.1 Å². The van der Waals surface area contributed by atoms with Crippen LogP contribution in [0.1, 0.15) is 12.0 Å². The number of methoxy groups -OCH3 is 1. The van der Waals surface area contributed by atoms with E-state index < -0.39 is 6.04 Å². The number of para-hydroxylation sites is 2. The number of carbonyl (C=O) groups excluding carboxylic acids is 3. The maximum atomic E-state index is 13.2. The summed E-state index contributed by atoms with van der Waals surface area (Å²) < 4.78 is 5.48. The number of benzene rings is 2. The minimum atomic E-state index is -0.845. The number of hydrogen-bond donors (Lipinski definition) is 2. The Labute approximate surface area is 216 Å². The first-order valence-electron chi connectivity index (χ1n) is 12.1. The molecule has 36 heavy (non-hydrogen) atoms. The van der Waals surface area contributed by atoms with E-state index in [1.807, 2.05) is 37.3 Å². The molecule has 0 radical (unpaired) electrons. The molecule has 192 valence electrons. The van der Waals surface area contributed by atoms with Gasteiger partial charge in [-0.1, -0.05) is 29.8 Å². The largest absolute Gasteiger partial charge is 0.495 e. The Morgan fingerprint density at radius 1 is 1.11 bits per heavy atom. The fourth-order valence-corrected chi connectivity index (χ4v) is 4.77. The zero-order valence-electron chi connectivity index (χ0n) is 20.6. The van der Waals surface area contributed by atoms with E-state index in [1.165, 1.54) is 4.90 Å². The van der Waals surface area contributed by atoms with Crippen LogP contribution in [0.3, 0.4) is 0 Å². The van der Waals surface area contributed by atoms with Crippen molar-refractivity contribution >= 4 is 40.7 Å². The topological polar surface area (TPSA) is 94.2 Å². The number of halogens is 1. The number of piperazine rings is 2. The zero-order chi connectivity index (χ0) is 25.7. The van der Waals surface area contributed by atoms with E-state index in [-0.39, 0.29) is 30.7 Å². The van der Waals surface area contributed by atoms with Gasteiger partial charge in [-0.15, -0.1) is 0 Å². The molecule has 0 aliphatic carbocycles. The van der Waals surface area contributed by atoms with E-state index in [4.69, 9.17) is 16.3 Å². The van der Waals surface area contributed by atoms with Crippen LogP contribution in [0.4, 0.5) is 11.4 Å². The molecule has 2 aliphatic heterocycles. The minimum Gasteiger partial charge on any atom is -0.495 e. The predicted octanol–water partition coefficient (Wildman–Crippen LogP) is 2.13. The van der Waals surface area contributed by atoms with Crippen molar-refractivity contribution in [1.29, 1.82) is 0 Å². The Morgan fingerprint density at radius 2 is 1.86 bits per heavy atom. The first kappa shape index (κ1) is 25.8. The van der Waals surface area contributed by atoms with Crippen LogP contribution in [0.25, 0.3) is 0 Å². The highest BCUT2D eigenvalue weighted by Crippen LogP contribution is 2.28. The Kier molecular flexibility index (Phi) is 8.32. The number of hydrogen-bond acceptors (Lipinski definition) is 6. The Hall–Kier alpha value is -3.30. The van der Waals surface area contributed by atoms with Gasteiger partial charge in [-0.2, -0.15) is 0 Å². The Morgan fingerprint density at radius 3 is 2.58 bits per heavy atom. The predicted molar refractivity (Wildman–Crippen MR) is 140 cm³/mol. The third-order valence-electron chi connectivity index (χ3n) is 6.64. The standard InChI is InChI=1S/C26H32ClN5O4/c1-18-7-8-19(15-20(18)27)29-24(33)16-22-26(35)28-9-10-32(22)25(34)17-30-11-13-31(14-12-30)21-5-3-4-6-23(21)36-2/h3-8,15,22H,9-14,16-17H2,1-2H3,(H,28,35)(H,29,33)/t22-/m0/s1. The van der Waals surface area contributed by atoms with Crippen LogP contribution in [0, 0.1) is 6.92 Å². The number of carbonyl (C=O) groups is 3. The summed E-state index contributed by atoms with van der Waals surface area (Å²) in [5, 5.41) is 6.10. The summed E-state index contributed by atoms with van der Waals surface area (Å²) >= 11 is 6.15. The summed E-state index contributed by atoms with van der Waals surface area (Å²) in [5.41, 5.74) is 2.50. The number of ether oxygens (including phenoxy) is 1. The average molecular weight is 514 g/mol. The van der Waals surface area contributed by atoms with Gasteiger partial charge >= 0.3 is 0 Å². The summed E-state index contributed by atoms with van der Waals surface area (Å²) in [6.07, 6.45) is -0.120. The lowest BCUT2D eigenvalue weighted by Crippen LogP contribution is -2.60. The summed E-state index contributed by atoms with van der Waals surface area (Å²) in [4.78, 5) is 44.4. The quantitative estimate of drug-likeness (QED) is 0.589. The first-order chi connectivity index (χ1) is 17.4. The molecule has 0 aromatic heterocycles. The molecule has 0 spiro atoms. The van der Waals surface area contributed by atoms with Gasteiger partial charge in [0.1, 0.15) is 11.8 Å². The van der Waals surface area contributed by atoms with E-state index >= 15 is 0 Å². The van der Waals surface area contributed by atoms with Crippen LogP contribution in [0.5, 0.6) is 5.75 Å². The van der Waals surface area contributed by atoms with Crippen molar-refractivity contribution in [2.24, 2.45) is 0 Å². The van der Waals surface area contributed by atoms with Crippen molar-refractivity contribution < 1.29 is 19.1 Å². The third kappa shape index (κ3) is 6.09. The molecular formula is C26H32ClN5O4. The minimum absolute atomic E-state index is 0.120. The van der Waals surface area contributed by atoms with Gasteiger partial charge in [-0.05, 0) is 36.8 Å². The second kappa shape index (κ2) is 11.6. The van der Waals surface area contributed by atoms with Gasteiger partial charge in [0.05, 0.1) is 25.8 Å². The summed E-state index contributed by atoms with van der Waals surface area (Å²) in [7, 11) is 1.66. The van der Waals surface area contributed by atoms with Gasteiger partial charge in [0.2, 0.25) is 17.7 Å². The molecule has 2 aromatic carbocycles. The van der Waals surface area contributed by atoms with E-state index in [0.29, 0.717) is 36.9 Å². The lowest BCUT2D eigenvalue weighted by molar-refractivity contribution is -0.145. The number of anilines is 2. The van der Waals surface area contributed by atoms with Crippen LogP contribution in [-0.2, 0) is 14.4 Å². The molecule has 0 unspecified atom stereocenters. The molecule has 9 nitrogen and oxygen atoms in total. The summed E-state index contributed by atoms with van der Waals surface area (Å²) in [6, 6.07) is 12.3. The van der Waals surface area contributed by atoms with Gasteiger partial charge < -0.3 is 25.2 Å². The van der Waals surface area contributed by atoms with E-state index in [9.17, 15) is 14.4 Å². The normalized spacial score (nSPS) is 18.5. The second-order valence-electron chi connectivity index (χ2n) is 9.05. The molecule has 4 rings (SSSR count). The van der Waals surface area contributed by atoms with Crippen LogP contribution >= 0.6 is 11.6 Å². The van der Waals surface area contributed by atoms with Crippen LogP contribution in [0.2, 0.25) is 5.02 Å². The monoisotopic (exact) mass is 513 g/mol. The molecular weight excluding hydrogens is 482 g/mol. The summed E-state index contributed by atoms with van der Waals surface area (Å²) in [5.74, 6) is 0.0232. The van der Waals surface area contributed by atoms with Crippen molar-refractivity contribution in [3.05, 3.63) is 53.1 Å². The van der Waals surface area contributed by atoms with Crippen molar-refractivity contribution in [3.63, 3.8) is 0 Å². The highest BCUT2D eigenvalue weighted by Gasteiger charge is 2.35. The van der Waals surface area contributed by atoms with Crippen LogP contribution < -0.4 is 20.3 Å². The number of amides is 3. The fraction of sp³-hybridized carbons (Fsp3) is 0.423. The van der Waals surface area contributed by atoms with Crippen molar-refractivity contribution in [2.45, 2.75) is 19.4 Å². The van der Waals surface area contributed by atoms with Gasteiger partial charge in [-0.25, -0.2) is 0 Å². The molecule has 2 fully saturated rings. The maximum Gasteiger partial charge on any atom is 0.243 e. The molecule has 3 amide bonds. The average Bonchev–Trinajstić information content (AvgIpc) is 2.88. The Bertz CT molecular complexity index is 1120. The number of nitrogens with one attached hydrogen (secondary N) is 2. The molecule has 2 saturated heterocycles. The molecule has 1 atom stereocenters. The van der Waals surface area contributed by atoms with Crippen LogP contribution in [0.15, 0.2) is 42.5 Å². The van der Waals surface area contributed by atoms with E-state index in [1.54, 1.807) is 19.2 Å². The van der Waals surface area contributed by atoms with Crippen molar-refractivity contribution in [3.8, 4) is 5.75 Å². The lowest BCUT2D eigenvalue weighted by Gasteiger charge is -2.39. The third-order valence-corrected chi connectivity index (χ3v) is 7.05. The SMILES string of the molecule is COc1ccccc1N1CCN(CC(=O)N2CCNC(=O)[C@@H]2CC(=O)Nc2ccc(C)c(Cl)c2)CC1. The number of aryl methyl sites for hydroxylation is 1. The fourth-order valence-electron chi connectivity index (χ4n) is 4.59. The summed E-state index contributed by atoms with van der Waals surface area (Å²) in [6.45, 7) is 5.78. The molecule has 2 heterocycles. The molecule has 0 saturated carbocycles. The zero-order valence-corrected chi connectivity index (χ0v) is 21.4. The maximum absolute atomic E-state index is 13.2. The van der Waals surface area contributed by atoms with Gasteiger partial charge in [0.25, 0.3) is 0 Å². The van der Waals surface area contributed by atoms with Gasteiger partial charge in [0, 0.05) is 50.0 Å². The van der Waals surface area contributed by atoms with Gasteiger partial charge in [-0.3, -0.25) is 19.3 Å². The van der Waals surface area contributed by atoms with Gasteiger partial charge in [0.15, 0.2) is 0 Å². The Balaban J connectivity index is 1.33. The molecule has 2 aromatic rings. The molecule has 10 heteroatoms. The highest BCUT2D eigenvalue weighted by atomic mass is 35.5. The van der Waals surface area contributed by atoms with Crippen molar-refractivity contribution in [1.82, 2.24) is 15.1 Å². The number of rotatable bonds is 7. The highest BCUT2D eigenvalue weighted by molar-refractivity contribution is 6.31. The van der Waals surface area contributed by atoms with Crippen LogP contribution in [-0.4, -0.2) is 86.5 Å². The molecule has 2 aliphatic rings. The smallest absolute Gasteiger partial charge is 0.243 e. The van der Waals surface area contributed by atoms with Crippen molar-refractivity contribution in [2.75, 3.05) is 63.1 Å². The second-order valence-corrected chi connectivity index (χ2v) is 9.45. The first-order valence-corrected chi connectivity index (χ1v) is 12.5. The lowest BCUT2D eigenvalue weighted by atomic mass is 10.1. The molecule has 2 N–H and O–H groups in total.